The number of pyridine rings is 1. The smallest absolute Gasteiger partial charge is 0.219 e. The van der Waals surface area contributed by atoms with Gasteiger partial charge in [0.15, 0.2) is 27.6 Å². The minimum Gasteiger partial charge on any atom is -0.355 e. The molecular formula is C23H43N3O3PS+. The molecule has 1 aromatic rings. The molecule has 1 heterocycles. The zero-order chi connectivity index (χ0) is 23.6. The fourth-order valence-electron chi connectivity index (χ4n) is 3.42. The largest absolute Gasteiger partial charge is 0.355 e. The molecule has 0 aliphatic carbocycles. The van der Waals surface area contributed by atoms with Crippen molar-refractivity contribution in [1.82, 2.24) is 9.34 Å². The van der Waals surface area contributed by atoms with Crippen molar-refractivity contribution >= 4 is 25.3 Å². The topological polar surface area (TPSA) is 45.9 Å². The van der Waals surface area contributed by atoms with Gasteiger partial charge in [-0.25, -0.2) is 13.9 Å². The van der Waals surface area contributed by atoms with Gasteiger partial charge in [0.05, 0.1) is 6.61 Å². The van der Waals surface area contributed by atoms with Crippen molar-refractivity contribution in [2.24, 2.45) is 7.05 Å². The number of hydrogen-bond donors (Lipinski definition) is 0. The standard InChI is InChI=1S/C23H43N3O3PS/c1-18(2)25(19(3)4)30(26(20(5)6)21(7)8)29-17-28-15-10-16-31-23(27)22-11-13-24(9)14-12-22/h11-14,18-21H,10,15-17H2,1-9H3/q+1. The van der Waals surface area contributed by atoms with Crippen molar-refractivity contribution in [3.63, 3.8) is 0 Å². The first-order chi connectivity index (χ1) is 14.6. The van der Waals surface area contributed by atoms with E-state index in [4.69, 9.17) is 9.26 Å². The molecule has 31 heavy (non-hydrogen) atoms. The van der Waals surface area contributed by atoms with Crippen LogP contribution in [0.25, 0.3) is 0 Å². The zero-order valence-electron chi connectivity index (χ0n) is 20.9. The normalized spacial score (nSPS) is 12.5. The van der Waals surface area contributed by atoms with Crippen LogP contribution in [0, 0.1) is 0 Å². The highest BCUT2D eigenvalue weighted by molar-refractivity contribution is 8.14. The second-order valence-corrected chi connectivity index (χ2v) is 11.5. The third-order valence-electron chi connectivity index (χ3n) is 4.64. The molecule has 0 unspecified atom stereocenters. The second-order valence-electron chi connectivity index (χ2n) is 8.78. The van der Waals surface area contributed by atoms with Crippen LogP contribution in [-0.2, 0) is 16.3 Å². The molecule has 0 fully saturated rings. The molecule has 0 bridgehead atoms. The maximum atomic E-state index is 12.2. The fourth-order valence-corrected chi connectivity index (χ4v) is 6.43. The minimum atomic E-state index is -0.933. The summed E-state index contributed by atoms with van der Waals surface area (Å²) in [6.07, 6.45) is 4.60. The highest BCUT2D eigenvalue weighted by Gasteiger charge is 2.34. The van der Waals surface area contributed by atoms with Crippen LogP contribution in [0.1, 0.15) is 72.2 Å². The SMILES string of the molecule is CC(C)N(C(C)C)P(OCOCCCSC(=O)c1cc[n+](C)cc1)N(C(C)C)C(C)C. The van der Waals surface area contributed by atoms with Gasteiger partial charge in [-0.15, -0.1) is 0 Å². The van der Waals surface area contributed by atoms with E-state index in [1.807, 2.05) is 36.1 Å². The lowest BCUT2D eigenvalue weighted by molar-refractivity contribution is -0.671. The van der Waals surface area contributed by atoms with E-state index >= 15 is 0 Å². The molecular weight excluding hydrogens is 429 g/mol. The number of aromatic nitrogens is 1. The first-order valence-corrected chi connectivity index (χ1v) is 13.4. The van der Waals surface area contributed by atoms with E-state index in [2.05, 4.69) is 64.7 Å². The van der Waals surface area contributed by atoms with Crippen LogP contribution in [0.4, 0.5) is 0 Å². The van der Waals surface area contributed by atoms with Crippen molar-refractivity contribution in [3.8, 4) is 0 Å². The van der Waals surface area contributed by atoms with Crippen LogP contribution in [0.5, 0.6) is 0 Å². The molecule has 0 saturated carbocycles. The van der Waals surface area contributed by atoms with Gasteiger partial charge in [-0.05, 0) is 61.8 Å². The van der Waals surface area contributed by atoms with E-state index in [0.29, 0.717) is 30.8 Å². The van der Waals surface area contributed by atoms with E-state index in [0.717, 1.165) is 17.7 Å². The Morgan fingerprint density at radius 1 is 0.968 bits per heavy atom. The molecule has 0 aliphatic heterocycles. The molecule has 178 valence electrons. The zero-order valence-corrected chi connectivity index (χ0v) is 22.6. The van der Waals surface area contributed by atoms with Crippen LogP contribution in [0.3, 0.4) is 0 Å². The van der Waals surface area contributed by atoms with E-state index in [9.17, 15) is 4.79 Å². The Kier molecular flexibility index (Phi) is 13.4. The van der Waals surface area contributed by atoms with Gasteiger partial charge in [0.25, 0.3) is 0 Å². The molecule has 1 rings (SSSR count). The van der Waals surface area contributed by atoms with E-state index in [-0.39, 0.29) is 11.9 Å². The van der Waals surface area contributed by atoms with E-state index in [1.54, 1.807) is 0 Å². The molecule has 0 radical (unpaired) electrons. The van der Waals surface area contributed by atoms with Crippen molar-refractivity contribution in [3.05, 3.63) is 30.1 Å². The summed E-state index contributed by atoms with van der Waals surface area (Å²) in [7, 11) is 1.01. The lowest BCUT2D eigenvalue weighted by Gasteiger charge is -2.45. The van der Waals surface area contributed by atoms with Gasteiger partial charge in [-0.2, -0.15) is 0 Å². The number of aryl methyl sites for hydroxylation is 1. The Balaban J connectivity index is 2.50. The Labute approximate surface area is 195 Å². The molecule has 0 spiro atoms. The Morgan fingerprint density at radius 2 is 1.45 bits per heavy atom. The molecule has 0 amide bonds. The Morgan fingerprint density at radius 3 is 1.90 bits per heavy atom. The highest BCUT2D eigenvalue weighted by Crippen LogP contribution is 2.50. The number of thioether (sulfide) groups is 1. The van der Waals surface area contributed by atoms with Gasteiger partial charge < -0.3 is 9.26 Å². The predicted octanol–water partition coefficient (Wildman–Crippen LogP) is 5.23. The first kappa shape index (κ1) is 28.5. The summed E-state index contributed by atoms with van der Waals surface area (Å²) in [5.41, 5.74) is 0.739. The monoisotopic (exact) mass is 472 g/mol. The number of hydrogen-bond acceptors (Lipinski definition) is 6. The van der Waals surface area contributed by atoms with E-state index < -0.39 is 8.45 Å². The van der Waals surface area contributed by atoms with Crippen molar-refractivity contribution in [2.45, 2.75) is 86.0 Å². The summed E-state index contributed by atoms with van der Waals surface area (Å²) < 4.78 is 19.0. The third kappa shape index (κ3) is 9.85. The molecule has 0 atom stereocenters. The summed E-state index contributed by atoms with van der Waals surface area (Å²) in [4.78, 5) is 12.2. The van der Waals surface area contributed by atoms with Gasteiger partial charge in [-0.1, -0.05) is 11.8 Å². The van der Waals surface area contributed by atoms with Gasteiger partial charge >= 0.3 is 0 Å². The maximum Gasteiger partial charge on any atom is 0.219 e. The third-order valence-corrected chi connectivity index (χ3v) is 8.61. The van der Waals surface area contributed by atoms with Crippen molar-refractivity contribution < 1.29 is 18.6 Å². The quantitative estimate of drug-likeness (QED) is 0.160. The lowest BCUT2D eigenvalue weighted by atomic mass is 10.3. The van der Waals surface area contributed by atoms with Gasteiger partial charge in [-0.3, -0.25) is 4.79 Å². The fraction of sp³-hybridized carbons (Fsp3) is 0.739. The molecule has 0 aliphatic rings. The minimum absolute atomic E-state index is 0.106. The lowest BCUT2D eigenvalue weighted by Crippen LogP contribution is -2.43. The van der Waals surface area contributed by atoms with Crippen LogP contribution < -0.4 is 4.57 Å². The molecule has 1 aromatic heterocycles. The number of carbonyl (C=O) groups is 1. The average molecular weight is 473 g/mol. The van der Waals surface area contributed by atoms with Crippen molar-refractivity contribution in [1.29, 1.82) is 0 Å². The number of ether oxygens (including phenoxy) is 1. The molecule has 0 N–H and O–H groups in total. The Hall–Kier alpha value is -0.560. The van der Waals surface area contributed by atoms with Gasteiger partial charge in [0.1, 0.15) is 7.05 Å². The first-order valence-electron chi connectivity index (χ1n) is 11.3. The Bertz CT molecular complexity index is 605. The summed E-state index contributed by atoms with van der Waals surface area (Å²) in [5.74, 6) is 0.739. The second kappa shape index (κ2) is 14.6. The highest BCUT2D eigenvalue weighted by atomic mass is 32.2. The van der Waals surface area contributed by atoms with Crippen molar-refractivity contribution in [2.75, 3.05) is 19.2 Å². The van der Waals surface area contributed by atoms with Crippen LogP contribution in [0.2, 0.25) is 0 Å². The summed E-state index contributed by atoms with van der Waals surface area (Å²) in [6.45, 7) is 18.6. The summed E-state index contributed by atoms with van der Waals surface area (Å²) in [6, 6.07) is 5.24. The average Bonchev–Trinajstić information content (AvgIpc) is 2.66. The number of nitrogens with zero attached hydrogens (tertiary/aromatic N) is 3. The van der Waals surface area contributed by atoms with Crippen LogP contribution in [0.15, 0.2) is 24.5 Å². The van der Waals surface area contributed by atoms with Crippen LogP contribution >= 0.6 is 20.2 Å². The molecule has 6 nitrogen and oxygen atoms in total. The van der Waals surface area contributed by atoms with E-state index in [1.165, 1.54) is 11.8 Å². The molecule has 0 saturated heterocycles. The number of carbonyl (C=O) groups excluding carboxylic acids is 1. The van der Waals surface area contributed by atoms with Gasteiger partial charge in [0, 0.05) is 47.6 Å². The predicted molar refractivity (Wildman–Crippen MR) is 132 cm³/mol. The molecule has 8 heteroatoms. The summed E-state index contributed by atoms with van der Waals surface area (Å²) in [5, 5.41) is 0.106. The molecule has 0 aromatic carbocycles. The maximum absolute atomic E-state index is 12.2. The number of rotatable bonds is 14. The van der Waals surface area contributed by atoms with Gasteiger partial charge in [0.2, 0.25) is 5.12 Å². The summed E-state index contributed by atoms with van der Waals surface area (Å²) >= 11 is 1.34. The van der Waals surface area contributed by atoms with Crippen LogP contribution in [-0.4, -0.2) is 57.8 Å².